The van der Waals surface area contributed by atoms with Crippen LogP contribution in [-0.2, 0) is 6.18 Å². The molecule has 1 heterocycles. The van der Waals surface area contributed by atoms with E-state index in [0.29, 0.717) is 18.3 Å². The molecule has 0 amide bonds. The molecule has 1 aromatic carbocycles. The summed E-state index contributed by atoms with van der Waals surface area (Å²) in [6.45, 7) is 2.09. The first-order chi connectivity index (χ1) is 12.3. The number of unbranched alkanes of at least 4 members (excludes halogenated alkanes) is 2. The van der Waals surface area contributed by atoms with Crippen LogP contribution in [0.1, 0.15) is 31.7 Å². The lowest BCUT2D eigenvalue weighted by atomic mass is 10.2. The molecule has 0 unspecified atom stereocenters. The molecule has 0 saturated heterocycles. The Kier molecular flexibility index (Phi) is 6.31. The first-order valence-corrected chi connectivity index (χ1v) is 7.89. The van der Waals surface area contributed by atoms with E-state index < -0.39 is 22.5 Å². The molecule has 0 aliphatic carbocycles. The third kappa shape index (κ3) is 5.30. The van der Waals surface area contributed by atoms with E-state index in [0.717, 1.165) is 12.8 Å². The second kappa shape index (κ2) is 8.45. The molecule has 0 saturated carbocycles. The van der Waals surface area contributed by atoms with Gasteiger partial charge in [-0.2, -0.15) is 18.2 Å². The Labute approximate surface area is 147 Å². The summed E-state index contributed by atoms with van der Waals surface area (Å²) in [4.78, 5) is 17.5. The van der Waals surface area contributed by atoms with Crippen LogP contribution in [0.2, 0.25) is 0 Å². The lowest BCUT2D eigenvalue weighted by Gasteiger charge is -2.14. The van der Waals surface area contributed by atoms with E-state index in [1.54, 1.807) is 0 Å². The van der Waals surface area contributed by atoms with Crippen molar-refractivity contribution in [3.63, 3.8) is 0 Å². The summed E-state index contributed by atoms with van der Waals surface area (Å²) in [6, 6.07) is 5.32. The quantitative estimate of drug-likeness (QED) is 0.411. The molecule has 0 bridgehead atoms. The number of halogens is 3. The molecule has 1 aromatic heterocycles. The van der Waals surface area contributed by atoms with Crippen molar-refractivity contribution in [2.45, 2.75) is 32.4 Å². The molecule has 0 spiro atoms. The summed E-state index contributed by atoms with van der Waals surface area (Å²) in [5.74, 6) is -0.648. The highest BCUT2D eigenvalue weighted by Gasteiger charge is 2.36. The summed E-state index contributed by atoms with van der Waals surface area (Å²) in [5.41, 5.74) is -0.764. The van der Waals surface area contributed by atoms with Crippen LogP contribution in [0.4, 0.5) is 30.5 Å². The number of nitrogens with zero attached hydrogens (tertiary/aromatic N) is 3. The van der Waals surface area contributed by atoms with Crippen molar-refractivity contribution in [1.82, 2.24) is 9.97 Å². The topological polar surface area (TPSA) is 90.2 Å². The average Bonchev–Trinajstić information content (AvgIpc) is 2.58. The van der Waals surface area contributed by atoms with Crippen LogP contribution in [0.25, 0.3) is 0 Å². The van der Waals surface area contributed by atoms with Gasteiger partial charge in [-0.25, -0.2) is 4.98 Å². The predicted octanol–water partition coefficient (Wildman–Crippen LogP) is 4.72. The number of non-ortho nitro benzene ring substituents is 1. The molecule has 1 N–H and O–H groups in total. The Balaban J connectivity index is 2.19. The zero-order valence-corrected chi connectivity index (χ0v) is 13.9. The number of hydrogen-bond acceptors (Lipinski definition) is 6. The van der Waals surface area contributed by atoms with E-state index in [4.69, 9.17) is 4.74 Å². The van der Waals surface area contributed by atoms with E-state index in [9.17, 15) is 23.3 Å². The number of rotatable bonds is 8. The van der Waals surface area contributed by atoms with E-state index in [-0.39, 0.29) is 18.2 Å². The van der Waals surface area contributed by atoms with Crippen molar-refractivity contribution in [3.05, 3.63) is 46.1 Å². The van der Waals surface area contributed by atoms with Crippen LogP contribution in [0.3, 0.4) is 0 Å². The van der Waals surface area contributed by atoms with E-state index >= 15 is 0 Å². The van der Waals surface area contributed by atoms with Crippen molar-refractivity contribution in [3.8, 4) is 5.88 Å². The minimum Gasteiger partial charge on any atom is -0.477 e. The molecule has 2 rings (SSSR count). The fraction of sp³-hybridized carbons (Fsp3) is 0.375. The monoisotopic (exact) mass is 370 g/mol. The van der Waals surface area contributed by atoms with Gasteiger partial charge in [0.05, 0.1) is 11.5 Å². The summed E-state index contributed by atoms with van der Waals surface area (Å²) in [6.07, 6.45) is -1.63. The summed E-state index contributed by atoms with van der Waals surface area (Å²) < 4.78 is 44.4. The summed E-state index contributed by atoms with van der Waals surface area (Å²) in [5, 5.41) is 13.3. The summed E-state index contributed by atoms with van der Waals surface area (Å²) >= 11 is 0. The molecular weight excluding hydrogens is 353 g/mol. The van der Waals surface area contributed by atoms with Crippen LogP contribution in [0, 0.1) is 10.1 Å². The van der Waals surface area contributed by atoms with Gasteiger partial charge in [0.25, 0.3) is 5.69 Å². The third-order valence-corrected chi connectivity index (χ3v) is 3.38. The normalized spacial score (nSPS) is 11.2. The lowest BCUT2D eigenvalue weighted by Crippen LogP contribution is -2.13. The number of benzene rings is 1. The summed E-state index contributed by atoms with van der Waals surface area (Å²) in [7, 11) is 0. The number of ether oxygens (including phenoxy) is 1. The van der Waals surface area contributed by atoms with Gasteiger partial charge >= 0.3 is 6.18 Å². The van der Waals surface area contributed by atoms with E-state index in [1.165, 1.54) is 24.3 Å². The highest BCUT2D eigenvalue weighted by molar-refractivity contribution is 5.56. The van der Waals surface area contributed by atoms with Gasteiger partial charge < -0.3 is 10.1 Å². The van der Waals surface area contributed by atoms with Crippen molar-refractivity contribution in [2.75, 3.05) is 11.9 Å². The highest BCUT2D eigenvalue weighted by atomic mass is 19.4. The lowest BCUT2D eigenvalue weighted by molar-refractivity contribution is -0.384. The Morgan fingerprint density at radius 3 is 2.50 bits per heavy atom. The number of nitrogens with one attached hydrogen (secondary N) is 1. The van der Waals surface area contributed by atoms with Crippen LogP contribution in [0.5, 0.6) is 5.88 Å². The average molecular weight is 370 g/mol. The second-order valence-corrected chi connectivity index (χ2v) is 5.39. The molecule has 2 aromatic rings. The first-order valence-electron chi connectivity index (χ1n) is 7.89. The van der Waals surface area contributed by atoms with Crippen molar-refractivity contribution < 1.29 is 22.8 Å². The van der Waals surface area contributed by atoms with Crippen molar-refractivity contribution in [1.29, 1.82) is 0 Å². The molecule has 7 nitrogen and oxygen atoms in total. The number of aromatic nitrogens is 2. The Bertz CT molecular complexity index is 751. The third-order valence-electron chi connectivity index (χ3n) is 3.38. The first kappa shape index (κ1) is 19.4. The zero-order chi connectivity index (χ0) is 19.2. The Morgan fingerprint density at radius 1 is 1.23 bits per heavy atom. The van der Waals surface area contributed by atoms with Crippen LogP contribution < -0.4 is 10.1 Å². The molecule has 0 aliphatic heterocycles. The second-order valence-electron chi connectivity index (χ2n) is 5.39. The van der Waals surface area contributed by atoms with Crippen LogP contribution in [-0.4, -0.2) is 21.5 Å². The molecule has 0 atom stereocenters. The Morgan fingerprint density at radius 2 is 1.92 bits per heavy atom. The standard InChI is InChI=1S/C16H17F3N4O3/c1-2-3-4-9-26-14-13(16(17,18)19)10-20-15(22-14)21-11-5-7-12(8-6-11)23(24)25/h5-8,10H,2-4,9H2,1H3,(H,20,21,22). The fourth-order valence-electron chi connectivity index (χ4n) is 2.05. The largest absolute Gasteiger partial charge is 0.477 e. The number of alkyl halides is 3. The van der Waals surface area contributed by atoms with Gasteiger partial charge in [0.15, 0.2) is 0 Å². The molecule has 26 heavy (non-hydrogen) atoms. The highest BCUT2D eigenvalue weighted by Crippen LogP contribution is 2.35. The van der Waals surface area contributed by atoms with E-state index in [1.807, 2.05) is 6.92 Å². The van der Waals surface area contributed by atoms with Gasteiger partial charge in [0, 0.05) is 24.0 Å². The number of anilines is 2. The fourth-order valence-corrected chi connectivity index (χ4v) is 2.05. The van der Waals surface area contributed by atoms with Crippen molar-refractivity contribution >= 4 is 17.3 Å². The molecule has 0 radical (unpaired) electrons. The van der Waals surface area contributed by atoms with Gasteiger partial charge in [0.2, 0.25) is 11.8 Å². The molecule has 0 aliphatic rings. The van der Waals surface area contributed by atoms with E-state index in [2.05, 4.69) is 15.3 Å². The van der Waals surface area contributed by atoms with Crippen molar-refractivity contribution in [2.24, 2.45) is 0 Å². The van der Waals surface area contributed by atoms with Crippen LogP contribution >= 0.6 is 0 Å². The van der Waals surface area contributed by atoms with Gasteiger partial charge in [-0.1, -0.05) is 19.8 Å². The number of nitro groups is 1. The maximum Gasteiger partial charge on any atom is 0.423 e. The van der Waals surface area contributed by atoms with Crippen LogP contribution in [0.15, 0.2) is 30.5 Å². The number of nitro benzene ring substituents is 1. The maximum atomic E-state index is 13.1. The number of hydrogen-bond donors (Lipinski definition) is 1. The van der Waals surface area contributed by atoms with Gasteiger partial charge in [0.1, 0.15) is 5.56 Å². The molecule has 0 fully saturated rings. The Hall–Kier alpha value is -2.91. The molecule has 10 heteroatoms. The minimum atomic E-state index is -4.63. The zero-order valence-electron chi connectivity index (χ0n) is 13.9. The van der Waals surface area contributed by atoms with Gasteiger partial charge in [-0.15, -0.1) is 0 Å². The molecular formula is C16H17F3N4O3. The minimum absolute atomic E-state index is 0.0997. The van der Waals surface area contributed by atoms with Gasteiger partial charge in [-0.3, -0.25) is 10.1 Å². The SMILES string of the molecule is CCCCCOc1nc(Nc2ccc([N+](=O)[O-])cc2)ncc1C(F)(F)F. The smallest absolute Gasteiger partial charge is 0.423 e. The predicted molar refractivity (Wildman–Crippen MR) is 88.4 cm³/mol. The molecule has 140 valence electrons. The maximum absolute atomic E-state index is 13.1. The van der Waals surface area contributed by atoms with Gasteiger partial charge in [-0.05, 0) is 18.6 Å².